The molecule has 0 aliphatic heterocycles. The van der Waals surface area contributed by atoms with Crippen molar-refractivity contribution >= 4 is 54.5 Å². The van der Waals surface area contributed by atoms with Gasteiger partial charge in [-0.25, -0.2) is 8.42 Å². The smallest absolute Gasteiger partial charge is 0.261 e. The number of hydrogen-bond acceptors (Lipinski definition) is 3. The lowest BCUT2D eigenvalue weighted by molar-refractivity contribution is -0.116. The summed E-state index contributed by atoms with van der Waals surface area (Å²) in [7, 11) is 1.35. The van der Waals surface area contributed by atoms with Gasteiger partial charge in [0.2, 0.25) is 5.91 Å². The quantitative estimate of drug-likeness (QED) is 0.820. The van der Waals surface area contributed by atoms with Crippen LogP contribution in [0, 0.1) is 12.8 Å². The molecule has 20 heavy (non-hydrogen) atoms. The van der Waals surface area contributed by atoms with Crippen molar-refractivity contribution in [2.24, 2.45) is 5.92 Å². The molecule has 0 saturated carbocycles. The van der Waals surface area contributed by atoms with E-state index < -0.39 is 9.05 Å². The highest BCUT2D eigenvalue weighted by molar-refractivity contribution is 8.13. The monoisotopic (exact) mass is 357 g/mol. The molecule has 0 saturated heterocycles. The Morgan fingerprint density at radius 3 is 2.35 bits per heavy atom. The van der Waals surface area contributed by atoms with Crippen LogP contribution in [-0.4, -0.2) is 14.3 Å². The summed E-state index contributed by atoms with van der Waals surface area (Å²) in [6.07, 6.45) is 0.307. The van der Waals surface area contributed by atoms with Crippen LogP contribution in [0.4, 0.5) is 5.69 Å². The average Bonchev–Trinajstić information content (AvgIpc) is 2.26. The van der Waals surface area contributed by atoms with Crippen molar-refractivity contribution in [3.05, 3.63) is 21.7 Å². The molecular formula is C12H14Cl3NO3S. The molecule has 1 amide bonds. The molecule has 0 aliphatic rings. The van der Waals surface area contributed by atoms with Crippen LogP contribution in [0.25, 0.3) is 0 Å². The van der Waals surface area contributed by atoms with E-state index in [9.17, 15) is 13.2 Å². The number of anilines is 1. The Morgan fingerprint density at radius 2 is 1.90 bits per heavy atom. The van der Waals surface area contributed by atoms with E-state index in [1.807, 2.05) is 13.8 Å². The van der Waals surface area contributed by atoms with Crippen LogP contribution < -0.4 is 5.32 Å². The predicted octanol–water partition coefficient (Wildman–Crippen LogP) is 4.21. The molecule has 0 unspecified atom stereocenters. The van der Waals surface area contributed by atoms with E-state index in [1.165, 1.54) is 13.0 Å². The summed E-state index contributed by atoms with van der Waals surface area (Å²) in [6, 6.07) is 1.18. The number of hydrogen-bond donors (Lipinski definition) is 1. The lowest BCUT2D eigenvalue weighted by Gasteiger charge is -2.14. The van der Waals surface area contributed by atoms with Gasteiger partial charge in [0.15, 0.2) is 0 Å². The van der Waals surface area contributed by atoms with Crippen molar-refractivity contribution in [1.29, 1.82) is 0 Å². The van der Waals surface area contributed by atoms with E-state index >= 15 is 0 Å². The lowest BCUT2D eigenvalue weighted by Crippen LogP contribution is -2.15. The van der Waals surface area contributed by atoms with Crippen LogP contribution in [0.5, 0.6) is 0 Å². The molecule has 1 rings (SSSR count). The molecule has 0 aliphatic carbocycles. The van der Waals surface area contributed by atoms with Crippen molar-refractivity contribution in [3.63, 3.8) is 0 Å². The van der Waals surface area contributed by atoms with Crippen molar-refractivity contribution in [3.8, 4) is 0 Å². The minimum absolute atomic E-state index is 0.0249. The summed E-state index contributed by atoms with van der Waals surface area (Å²) >= 11 is 12.0. The number of benzene rings is 1. The minimum Gasteiger partial charge on any atom is -0.324 e. The molecule has 0 radical (unpaired) electrons. The molecule has 0 spiro atoms. The van der Waals surface area contributed by atoms with Gasteiger partial charge in [-0.3, -0.25) is 4.79 Å². The van der Waals surface area contributed by atoms with Gasteiger partial charge in [-0.15, -0.1) is 0 Å². The molecule has 0 aromatic heterocycles. The summed E-state index contributed by atoms with van der Waals surface area (Å²) in [6.45, 7) is 5.29. The Morgan fingerprint density at radius 1 is 1.35 bits per heavy atom. The van der Waals surface area contributed by atoms with Gasteiger partial charge in [0.1, 0.15) is 0 Å². The van der Waals surface area contributed by atoms with Gasteiger partial charge >= 0.3 is 0 Å². The average molecular weight is 359 g/mol. The molecule has 0 atom stereocenters. The number of rotatable bonds is 4. The normalized spacial score (nSPS) is 11.8. The van der Waals surface area contributed by atoms with Gasteiger partial charge in [0.25, 0.3) is 9.05 Å². The summed E-state index contributed by atoms with van der Waals surface area (Å²) in [5, 5.41) is 2.68. The van der Waals surface area contributed by atoms with E-state index in [0.717, 1.165) is 0 Å². The molecule has 0 fully saturated rings. The first kappa shape index (κ1) is 17.6. The van der Waals surface area contributed by atoms with Crippen molar-refractivity contribution in [1.82, 2.24) is 0 Å². The minimum atomic E-state index is -3.95. The zero-order valence-corrected chi connectivity index (χ0v) is 14.2. The van der Waals surface area contributed by atoms with E-state index in [0.29, 0.717) is 6.42 Å². The zero-order valence-electron chi connectivity index (χ0n) is 11.1. The summed E-state index contributed by atoms with van der Waals surface area (Å²) in [4.78, 5) is 11.6. The number of nitrogens with one attached hydrogen (secondary N) is 1. The van der Waals surface area contributed by atoms with Gasteiger partial charge in [0.05, 0.1) is 20.6 Å². The Hall–Kier alpha value is -0.490. The van der Waals surface area contributed by atoms with Crippen LogP contribution in [0.2, 0.25) is 10.0 Å². The maximum absolute atomic E-state index is 11.7. The molecule has 8 heteroatoms. The summed E-state index contributed by atoms with van der Waals surface area (Å²) in [5.74, 6) is -0.0687. The Labute approximate surface area is 132 Å². The molecule has 1 N–H and O–H groups in total. The van der Waals surface area contributed by atoms with Gasteiger partial charge in [-0.05, 0) is 24.5 Å². The fourth-order valence-corrected chi connectivity index (χ4v) is 3.50. The van der Waals surface area contributed by atoms with Gasteiger partial charge in [-0.1, -0.05) is 37.0 Å². The maximum Gasteiger partial charge on any atom is 0.261 e. The number of halogens is 3. The van der Waals surface area contributed by atoms with Crippen molar-refractivity contribution in [2.75, 3.05) is 5.32 Å². The third-order valence-electron chi connectivity index (χ3n) is 2.54. The third kappa shape index (κ3) is 4.25. The van der Waals surface area contributed by atoms with E-state index in [4.69, 9.17) is 33.9 Å². The fourth-order valence-electron chi connectivity index (χ4n) is 1.63. The van der Waals surface area contributed by atoms with E-state index in [2.05, 4.69) is 5.32 Å². The summed E-state index contributed by atoms with van der Waals surface area (Å²) in [5.41, 5.74) is 0.437. The second-order valence-corrected chi connectivity index (χ2v) is 8.07. The van der Waals surface area contributed by atoms with Gasteiger partial charge in [-0.2, -0.15) is 0 Å². The SMILES string of the molecule is Cc1c(S(=O)(=O)Cl)cc(Cl)c(NC(=O)CC(C)C)c1Cl. The molecule has 112 valence electrons. The van der Waals surface area contributed by atoms with Crippen LogP contribution in [0.3, 0.4) is 0 Å². The van der Waals surface area contributed by atoms with Gasteiger partial charge < -0.3 is 5.32 Å². The second-order valence-electron chi connectivity index (χ2n) is 4.75. The summed E-state index contributed by atoms with van der Waals surface area (Å²) < 4.78 is 22.8. The number of amides is 1. The lowest BCUT2D eigenvalue weighted by atomic mass is 10.1. The van der Waals surface area contributed by atoms with E-state index in [1.54, 1.807) is 0 Å². The maximum atomic E-state index is 11.7. The number of carbonyl (C=O) groups is 1. The highest BCUT2D eigenvalue weighted by Crippen LogP contribution is 2.38. The topological polar surface area (TPSA) is 63.2 Å². The standard InChI is InChI=1S/C12H14Cl3NO3S/c1-6(2)4-10(17)16-12-8(13)5-9(20(15,18)19)7(3)11(12)14/h5-6H,4H2,1-3H3,(H,16,17). The fraction of sp³-hybridized carbons (Fsp3) is 0.417. The highest BCUT2D eigenvalue weighted by Gasteiger charge is 2.21. The molecule has 0 bridgehead atoms. The van der Waals surface area contributed by atoms with Crippen LogP contribution in [0.15, 0.2) is 11.0 Å². The second kappa shape index (κ2) is 6.52. The number of carbonyl (C=O) groups excluding carboxylic acids is 1. The van der Waals surface area contributed by atoms with Crippen LogP contribution >= 0.6 is 33.9 Å². The first-order chi connectivity index (χ1) is 9.04. The molecular weight excluding hydrogens is 345 g/mol. The first-order valence-electron chi connectivity index (χ1n) is 5.77. The highest BCUT2D eigenvalue weighted by atomic mass is 35.7. The molecule has 1 aromatic carbocycles. The molecule has 4 nitrogen and oxygen atoms in total. The van der Waals surface area contributed by atoms with Crippen molar-refractivity contribution < 1.29 is 13.2 Å². The molecule has 0 heterocycles. The van der Waals surface area contributed by atoms with Crippen LogP contribution in [-0.2, 0) is 13.8 Å². The Bertz CT molecular complexity index is 642. The Balaban J connectivity index is 3.25. The largest absolute Gasteiger partial charge is 0.324 e. The van der Waals surface area contributed by atoms with Gasteiger partial charge in [0, 0.05) is 17.1 Å². The van der Waals surface area contributed by atoms with E-state index in [-0.39, 0.29) is 38.0 Å². The van der Waals surface area contributed by atoms with Crippen LogP contribution in [0.1, 0.15) is 25.8 Å². The Kier molecular flexibility index (Phi) is 5.72. The first-order valence-corrected chi connectivity index (χ1v) is 8.83. The molecule has 1 aromatic rings. The zero-order chi connectivity index (χ0) is 15.7. The predicted molar refractivity (Wildman–Crippen MR) is 82.3 cm³/mol. The van der Waals surface area contributed by atoms with Crippen molar-refractivity contribution in [2.45, 2.75) is 32.1 Å². The third-order valence-corrected chi connectivity index (χ3v) is 4.75.